The number of hydrogen-bond donors (Lipinski definition) is 1. The smallest absolute Gasteiger partial charge is 0.175 e. The zero-order valence-corrected chi connectivity index (χ0v) is 12.9. The molecular weight excluding hydrogens is 274 g/mol. The van der Waals surface area contributed by atoms with Crippen molar-refractivity contribution in [1.29, 1.82) is 0 Å². The molecule has 0 aromatic heterocycles. The number of aliphatic hydroxyl groups excluding tert-OH is 1. The highest BCUT2D eigenvalue weighted by Crippen LogP contribution is 2.22. The van der Waals surface area contributed by atoms with Gasteiger partial charge >= 0.3 is 0 Å². The van der Waals surface area contributed by atoms with Gasteiger partial charge in [0, 0.05) is 18.8 Å². The molecule has 112 valence electrons. The first kappa shape index (κ1) is 15.5. The molecule has 0 radical (unpaired) electrons. The van der Waals surface area contributed by atoms with Crippen LogP contribution in [0.1, 0.15) is 37.9 Å². The Labute approximate surface area is 121 Å². The first-order chi connectivity index (χ1) is 9.38. The zero-order chi connectivity index (χ0) is 14.8. The van der Waals surface area contributed by atoms with Crippen LogP contribution in [0.25, 0.3) is 0 Å². The molecule has 5 heteroatoms. The van der Waals surface area contributed by atoms with Gasteiger partial charge in [-0.05, 0) is 44.0 Å². The largest absolute Gasteiger partial charge is 0.387 e. The van der Waals surface area contributed by atoms with Crippen molar-refractivity contribution in [1.82, 2.24) is 4.90 Å². The Kier molecular flexibility index (Phi) is 4.83. The van der Waals surface area contributed by atoms with Crippen LogP contribution in [0.2, 0.25) is 0 Å². The highest BCUT2D eigenvalue weighted by molar-refractivity contribution is 7.90. The van der Waals surface area contributed by atoms with E-state index in [0.29, 0.717) is 17.5 Å². The van der Waals surface area contributed by atoms with E-state index in [0.717, 1.165) is 12.1 Å². The van der Waals surface area contributed by atoms with Crippen LogP contribution in [-0.2, 0) is 9.84 Å². The molecule has 2 atom stereocenters. The predicted octanol–water partition coefficient (Wildman–Crippen LogP) is 2.00. The van der Waals surface area contributed by atoms with Gasteiger partial charge in [0.1, 0.15) is 0 Å². The lowest BCUT2D eigenvalue weighted by Crippen LogP contribution is -2.40. The van der Waals surface area contributed by atoms with Crippen molar-refractivity contribution in [2.24, 2.45) is 0 Å². The monoisotopic (exact) mass is 297 g/mol. The normalized spacial score (nSPS) is 22.6. The molecule has 0 spiro atoms. The van der Waals surface area contributed by atoms with Gasteiger partial charge in [0.2, 0.25) is 0 Å². The van der Waals surface area contributed by atoms with Crippen molar-refractivity contribution in [2.75, 3.05) is 19.3 Å². The molecule has 2 rings (SSSR count). The average Bonchev–Trinajstić information content (AvgIpc) is 2.40. The molecule has 1 aliphatic rings. The number of sulfone groups is 1. The number of hydrogen-bond acceptors (Lipinski definition) is 4. The van der Waals surface area contributed by atoms with Crippen LogP contribution < -0.4 is 0 Å². The summed E-state index contributed by atoms with van der Waals surface area (Å²) in [6.07, 6.45) is 4.25. The van der Waals surface area contributed by atoms with Crippen LogP contribution >= 0.6 is 0 Å². The molecule has 1 aromatic rings. The lowest BCUT2D eigenvalue weighted by atomic mass is 10.0. The summed E-state index contributed by atoms with van der Waals surface area (Å²) in [6.45, 7) is 3.83. The highest BCUT2D eigenvalue weighted by atomic mass is 32.2. The third-order valence-electron chi connectivity index (χ3n) is 4.04. The maximum absolute atomic E-state index is 11.4. The van der Waals surface area contributed by atoms with Crippen molar-refractivity contribution < 1.29 is 13.5 Å². The van der Waals surface area contributed by atoms with Crippen LogP contribution in [-0.4, -0.2) is 43.8 Å². The summed E-state index contributed by atoms with van der Waals surface area (Å²) >= 11 is 0. The minimum absolute atomic E-state index is 0.291. The molecule has 20 heavy (non-hydrogen) atoms. The molecule has 0 unspecified atom stereocenters. The Morgan fingerprint density at radius 3 is 2.50 bits per heavy atom. The zero-order valence-electron chi connectivity index (χ0n) is 12.1. The van der Waals surface area contributed by atoms with Crippen LogP contribution in [0.15, 0.2) is 29.2 Å². The molecule has 1 N–H and O–H groups in total. The lowest BCUT2D eigenvalue weighted by Gasteiger charge is -2.34. The molecule has 1 fully saturated rings. The fourth-order valence-corrected chi connectivity index (χ4v) is 3.32. The third kappa shape index (κ3) is 3.81. The minimum atomic E-state index is -3.17. The van der Waals surface area contributed by atoms with E-state index in [4.69, 9.17) is 0 Å². The molecule has 4 nitrogen and oxygen atoms in total. The molecule has 1 aliphatic heterocycles. The number of likely N-dealkylation sites (tertiary alicyclic amines) is 1. The topological polar surface area (TPSA) is 57.6 Å². The van der Waals surface area contributed by atoms with E-state index >= 15 is 0 Å². The van der Waals surface area contributed by atoms with Gasteiger partial charge in [-0.25, -0.2) is 8.42 Å². The van der Waals surface area contributed by atoms with Crippen LogP contribution in [0.4, 0.5) is 0 Å². The number of aliphatic hydroxyl groups is 1. The minimum Gasteiger partial charge on any atom is -0.387 e. The first-order valence-electron chi connectivity index (χ1n) is 7.10. The molecule has 1 aromatic carbocycles. The second-order valence-corrected chi connectivity index (χ2v) is 7.71. The predicted molar refractivity (Wildman–Crippen MR) is 79.4 cm³/mol. The summed E-state index contributed by atoms with van der Waals surface area (Å²) in [6, 6.07) is 7.04. The summed E-state index contributed by atoms with van der Waals surface area (Å²) < 4.78 is 22.8. The lowest BCUT2D eigenvalue weighted by molar-refractivity contribution is 0.0732. The Morgan fingerprint density at radius 2 is 1.95 bits per heavy atom. The van der Waals surface area contributed by atoms with Crippen molar-refractivity contribution in [3.05, 3.63) is 29.8 Å². The first-order valence-corrected chi connectivity index (χ1v) is 8.99. The molecule has 0 amide bonds. The molecule has 1 heterocycles. The Morgan fingerprint density at radius 1 is 1.30 bits per heavy atom. The van der Waals surface area contributed by atoms with Gasteiger partial charge in [0.05, 0.1) is 11.0 Å². The maximum Gasteiger partial charge on any atom is 0.175 e. The Bertz CT molecular complexity index is 539. The number of β-amino-alcohol motifs (C(OH)–C–C–N with tert-alkyl or cyclic N) is 1. The third-order valence-corrected chi connectivity index (χ3v) is 5.17. The van der Waals surface area contributed by atoms with Gasteiger partial charge in [-0.1, -0.05) is 18.6 Å². The summed E-state index contributed by atoms with van der Waals surface area (Å²) in [5.41, 5.74) is 0.773. The quantitative estimate of drug-likeness (QED) is 0.923. The summed E-state index contributed by atoms with van der Waals surface area (Å²) in [4.78, 5) is 2.60. The maximum atomic E-state index is 11.4. The van der Waals surface area contributed by atoms with Crippen molar-refractivity contribution in [3.63, 3.8) is 0 Å². The van der Waals surface area contributed by atoms with Gasteiger partial charge in [-0.15, -0.1) is 0 Å². The van der Waals surface area contributed by atoms with Gasteiger partial charge < -0.3 is 5.11 Å². The van der Waals surface area contributed by atoms with Gasteiger partial charge in [-0.3, -0.25) is 4.90 Å². The Hall–Kier alpha value is -0.910. The molecule has 0 aliphatic carbocycles. The summed E-state index contributed by atoms with van der Waals surface area (Å²) in [5.74, 6) is 0. The molecule has 0 bridgehead atoms. The van der Waals surface area contributed by atoms with Gasteiger partial charge in [0.25, 0.3) is 0 Å². The number of piperidine rings is 1. The number of nitrogens with zero attached hydrogens (tertiary/aromatic N) is 1. The van der Waals surface area contributed by atoms with E-state index in [1.54, 1.807) is 24.3 Å². The fraction of sp³-hybridized carbons (Fsp3) is 0.600. The van der Waals surface area contributed by atoms with Crippen LogP contribution in [0.5, 0.6) is 0 Å². The van der Waals surface area contributed by atoms with E-state index in [9.17, 15) is 13.5 Å². The number of benzene rings is 1. The SMILES string of the molecule is C[C@@H]1CCCCN1C[C@H](O)c1ccc(S(C)(=O)=O)cc1. The second kappa shape index (κ2) is 6.24. The summed E-state index contributed by atoms with van der Waals surface area (Å²) in [5, 5.41) is 10.3. The molecule has 1 saturated heterocycles. The van der Waals surface area contributed by atoms with Crippen molar-refractivity contribution in [3.8, 4) is 0 Å². The standard InChI is InChI=1S/C15H23NO3S/c1-12-5-3-4-10-16(12)11-15(17)13-6-8-14(9-7-13)20(2,18)19/h6-9,12,15,17H,3-5,10-11H2,1-2H3/t12-,15+/m1/s1. The van der Waals surface area contributed by atoms with E-state index in [1.165, 1.54) is 25.5 Å². The highest BCUT2D eigenvalue weighted by Gasteiger charge is 2.21. The average molecular weight is 297 g/mol. The van der Waals surface area contributed by atoms with Gasteiger partial charge in [-0.2, -0.15) is 0 Å². The van der Waals surface area contributed by atoms with E-state index in [1.807, 2.05) is 0 Å². The van der Waals surface area contributed by atoms with E-state index < -0.39 is 15.9 Å². The molecular formula is C15H23NO3S. The Balaban J connectivity index is 2.03. The van der Waals surface area contributed by atoms with E-state index in [-0.39, 0.29) is 0 Å². The van der Waals surface area contributed by atoms with Crippen LogP contribution in [0.3, 0.4) is 0 Å². The van der Waals surface area contributed by atoms with Crippen molar-refractivity contribution >= 4 is 9.84 Å². The number of rotatable bonds is 4. The van der Waals surface area contributed by atoms with Crippen LogP contribution in [0, 0.1) is 0 Å². The molecule has 0 saturated carbocycles. The van der Waals surface area contributed by atoms with E-state index in [2.05, 4.69) is 11.8 Å². The summed E-state index contributed by atoms with van der Waals surface area (Å²) in [7, 11) is -3.17. The second-order valence-electron chi connectivity index (χ2n) is 5.70. The van der Waals surface area contributed by atoms with Crippen molar-refractivity contribution in [2.45, 2.75) is 43.2 Å². The van der Waals surface area contributed by atoms with Gasteiger partial charge in [0.15, 0.2) is 9.84 Å². The fourth-order valence-electron chi connectivity index (χ4n) is 2.69.